The van der Waals surface area contributed by atoms with Crippen molar-refractivity contribution in [2.75, 3.05) is 4.90 Å². The van der Waals surface area contributed by atoms with Gasteiger partial charge in [0.05, 0.1) is 27.9 Å². The number of rotatable bonds is 4. The van der Waals surface area contributed by atoms with Crippen molar-refractivity contribution in [2.45, 2.75) is 6.54 Å². The number of para-hydroxylation sites is 1. The summed E-state index contributed by atoms with van der Waals surface area (Å²) in [6.07, 6.45) is 0. The Morgan fingerprint density at radius 3 is 2.46 bits per heavy atom. The van der Waals surface area contributed by atoms with E-state index < -0.39 is 0 Å². The monoisotopic (exact) mass is 403 g/mol. The summed E-state index contributed by atoms with van der Waals surface area (Å²) in [5.41, 5.74) is 2.70. The summed E-state index contributed by atoms with van der Waals surface area (Å²) in [7, 11) is 0. The first-order chi connectivity index (χ1) is 13.7. The van der Waals surface area contributed by atoms with Gasteiger partial charge >= 0.3 is 0 Å². The van der Waals surface area contributed by atoms with Crippen LogP contribution in [0, 0.1) is 11.3 Å². The van der Waals surface area contributed by atoms with E-state index in [1.807, 2.05) is 42.5 Å². The highest BCUT2D eigenvalue weighted by Crippen LogP contribution is 2.34. The van der Waals surface area contributed by atoms with E-state index in [2.05, 4.69) is 11.1 Å². The number of aromatic nitrogens is 1. The molecule has 0 fully saturated rings. The van der Waals surface area contributed by atoms with Crippen LogP contribution in [-0.2, 0) is 6.54 Å². The van der Waals surface area contributed by atoms with Crippen molar-refractivity contribution >= 4 is 44.2 Å². The van der Waals surface area contributed by atoms with E-state index in [-0.39, 0.29) is 5.91 Å². The molecule has 0 unspecified atom stereocenters. The predicted molar refractivity (Wildman–Crippen MR) is 113 cm³/mol. The van der Waals surface area contributed by atoms with E-state index in [1.165, 1.54) is 11.3 Å². The highest BCUT2D eigenvalue weighted by atomic mass is 35.5. The Hall–Kier alpha value is -3.20. The van der Waals surface area contributed by atoms with E-state index >= 15 is 0 Å². The third-order valence-corrected chi connectivity index (χ3v) is 5.63. The number of benzene rings is 3. The van der Waals surface area contributed by atoms with Gasteiger partial charge in [0.2, 0.25) is 0 Å². The number of nitrogens with zero attached hydrogens (tertiary/aromatic N) is 3. The van der Waals surface area contributed by atoms with Gasteiger partial charge in [-0.15, -0.1) is 0 Å². The second-order valence-corrected chi connectivity index (χ2v) is 7.57. The number of halogens is 1. The zero-order valence-corrected chi connectivity index (χ0v) is 16.2. The molecule has 0 aliphatic heterocycles. The second-order valence-electron chi connectivity index (χ2n) is 6.15. The van der Waals surface area contributed by atoms with Crippen LogP contribution in [0.1, 0.15) is 21.5 Å². The van der Waals surface area contributed by atoms with Crippen LogP contribution < -0.4 is 4.90 Å². The molecule has 1 aromatic heterocycles. The summed E-state index contributed by atoms with van der Waals surface area (Å²) in [6.45, 7) is 0.386. The number of fused-ring (bicyclic) bond motifs is 1. The van der Waals surface area contributed by atoms with Crippen LogP contribution in [0.4, 0.5) is 5.13 Å². The molecular weight excluding hydrogens is 390 g/mol. The molecule has 0 saturated carbocycles. The molecule has 0 aliphatic rings. The van der Waals surface area contributed by atoms with Crippen LogP contribution >= 0.6 is 22.9 Å². The van der Waals surface area contributed by atoms with Crippen LogP contribution in [0.2, 0.25) is 5.02 Å². The van der Waals surface area contributed by atoms with Crippen LogP contribution in [0.15, 0.2) is 72.8 Å². The zero-order valence-electron chi connectivity index (χ0n) is 14.7. The van der Waals surface area contributed by atoms with Crippen molar-refractivity contribution in [1.82, 2.24) is 4.98 Å². The van der Waals surface area contributed by atoms with Crippen LogP contribution in [0.3, 0.4) is 0 Å². The molecule has 0 atom stereocenters. The molecule has 4 nitrogen and oxygen atoms in total. The van der Waals surface area contributed by atoms with Crippen molar-refractivity contribution in [3.8, 4) is 6.07 Å². The Morgan fingerprint density at radius 1 is 1.04 bits per heavy atom. The van der Waals surface area contributed by atoms with Crippen LogP contribution in [-0.4, -0.2) is 10.9 Å². The number of amides is 1. The number of thiazole rings is 1. The van der Waals surface area contributed by atoms with E-state index in [0.29, 0.717) is 33.3 Å². The molecule has 1 amide bonds. The van der Waals surface area contributed by atoms with E-state index in [9.17, 15) is 4.79 Å². The Bertz CT molecular complexity index is 1180. The average molecular weight is 404 g/mol. The molecular formula is C22H14ClN3OS. The summed E-state index contributed by atoms with van der Waals surface area (Å²) in [4.78, 5) is 19.6. The summed E-state index contributed by atoms with van der Waals surface area (Å²) in [5.74, 6) is -0.177. The lowest BCUT2D eigenvalue weighted by molar-refractivity contribution is 0.0985. The van der Waals surface area contributed by atoms with E-state index in [4.69, 9.17) is 16.9 Å². The largest absolute Gasteiger partial charge is 0.279 e. The lowest BCUT2D eigenvalue weighted by atomic mass is 10.1. The Balaban J connectivity index is 1.77. The first kappa shape index (κ1) is 18.2. The lowest BCUT2D eigenvalue weighted by Crippen LogP contribution is -2.30. The van der Waals surface area contributed by atoms with Gasteiger partial charge in [0, 0.05) is 5.56 Å². The highest BCUT2D eigenvalue weighted by molar-refractivity contribution is 7.22. The van der Waals surface area contributed by atoms with Gasteiger partial charge in [0.15, 0.2) is 5.13 Å². The molecule has 4 aromatic rings. The third kappa shape index (κ3) is 3.61. The molecule has 0 spiro atoms. The van der Waals surface area contributed by atoms with Gasteiger partial charge in [-0.05, 0) is 42.0 Å². The Labute approximate surface area is 171 Å². The van der Waals surface area contributed by atoms with Crippen LogP contribution in [0.25, 0.3) is 10.2 Å². The minimum absolute atomic E-state index is 0.177. The van der Waals surface area contributed by atoms with Crippen LogP contribution in [0.5, 0.6) is 0 Å². The number of carbonyl (C=O) groups is 1. The standard InChI is InChI=1S/C22H14ClN3OS/c23-18-7-4-8-19-20(18)25-22(28-19)26(14-16-5-2-1-3-6-16)21(27)17-11-9-15(13-24)10-12-17/h1-12H,14H2. The van der Waals surface area contributed by atoms with Crippen molar-refractivity contribution in [3.05, 3.63) is 94.5 Å². The quantitative estimate of drug-likeness (QED) is 0.441. The molecule has 0 bridgehead atoms. The highest BCUT2D eigenvalue weighted by Gasteiger charge is 2.22. The smallest absolute Gasteiger partial charge is 0.260 e. The number of hydrogen-bond acceptors (Lipinski definition) is 4. The molecule has 0 N–H and O–H groups in total. The fraction of sp³-hybridized carbons (Fsp3) is 0.0455. The maximum absolute atomic E-state index is 13.3. The maximum Gasteiger partial charge on any atom is 0.260 e. The molecule has 28 heavy (non-hydrogen) atoms. The fourth-order valence-corrected chi connectivity index (χ4v) is 4.12. The average Bonchev–Trinajstić information content (AvgIpc) is 3.18. The molecule has 1 heterocycles. The van der Waals surface area contributed by atoms with Gasteiger partial charge in [-0.25, -0.2) is 4.98 Å². The topological polar surface area (TPSA) is 57.0 Å². The summed E-state index contributed by atoms with van der Waals surface area (Å²) >= 11 is 7.70. The zero-order chi connectivity index (χ0) is 19.5. The van der Waals surface area contributed by atoms with Gasteiger partial charge in [-0.2, -0.15) is 5.26 Å². The number of anilines is 1. The second kappa shape index (κ2) is 7.81. The lowest BCUT2D eigenvalue weighted by Gasteiger charge is -2.20. The first-order valence-corrected chi connectivity index (χ1v) is 9.76. The van der Waals surface area contributed by atoms with E-state index in [1.54, 1.807) is 35.2 Å². The first-order valence-electron chi connectivity index (χ1n) is 8.57. The minimum Gasteiger partial charge on any atom is -0.279 e. The normalized spacial score (nSPS) is 10.6. The van der Waals surface area contributed by atoms with Crippen molar-refractivity contribution in [3.63, 3.8) is 0 Å². The van der Waals surface area contributed by atoms with Gasteiger partial charge in [-0.3, -0.25) is 9.69 Å². The van der Waals surface area contributed by atoms with Gasteiger partial charge < -0.3 is 0 Å². The Kier molecular flexibility index (Phi) is 5.07. The maximum atomic E-state index is 13.3. The SMILES string of the molecule is N#Cc1ccc(C(=O)N(Cc2ccccc2)c2nc3c(Cl)cccc3s2)cc1. The molecule has 0 aliphatic carbocycles. The molecule has 0 saturated heterocycles. The molecule has 0 radical (unpaired) electrons. The molecule has 4 rings (SSSR count). The van der Waals surface area contributed by atoms with E-state index in [0.717, 1.165) is 10.3 Å². The van der Waals surface area contributed by atoms with Gasteiger partial charge in [0.1, 0.15) is 5.52 Å². The summed E-state index contributed by atoms with van der Waals surface area (Å²) in [5, 5.41) is 10.1. The predicted octanol–water partition coefficient (Wildman–Crippen LogP) is 5.67. The number of hydrogen-bond donors (Lipinski definition) is 0. The number of nitriles is 1. The fourth-order valence-electron chi connectivity index (χ4n) is 2.85. The third-order valence-electron chi connectivity index (χ3n) is 4.28. The molecule has 3 aromatic carbocycles. The van der Waals surface area contributed by atoms with Gasteiger partial charge in [0.25, 0.3) is 5.91 Å². The van der Waals surface area contributed by atoms with Crippen molar-refractivity contribution in [1.29, 1.82) is 5.26 Å². The number of carbonyl (C=O) groups excluding carboxylic acids is 1. The van der Waals surface area contributed by atoms with Crippen molar-refractivity contribution in [2.24, 2.45) is 0 Å². The molecule has 136 valence electrons. The molecule has 6 heteroatoms. The Morgan fingerprint density at radius 2 is 1.79 bits per heavy atom. The minimum atomic E-state index is -0.177. The summed E-state index contributed by atoms with van der Waals surface area (Å²) < 4.78 is 0.924. The summed E-state index contributed by atoms with van der Waals surface area (Å²) in [6, 6.07) is 24.0. The van der Waals surface area contributed by atoms with Gasteiger partial charge in [-0.1, -0.05) is 59.3 Å². The van der Waals surface area contributed by atoms with Crippen molar-refractivity contribution < 1.29 is 4.79 Å².